The van der Waals surface area contributed by atoms with Gasteiger partial charge in [-0.15, -0.1) is 0 Å². The Labute approximate surface area is 135 Å². The van der Waals surface area contributed by atoms with Crippen LogP contribution in [-0.4, -0.2) is 12.5 Å². The molecule has 2 aromatic rings. The van der Waals surface area contributed by atoms with E-state index in [1.165, 1.54) is 12.1 Å². The standard InChI is InChI=1S/C15H12BrClFN3/c16-12-6-1-9(7-13(12)17)14-8-20-15(19)21(14)11-4-2-10(18)3-5-11/h1-7,14H,8H2,(H2,19,20). The van der Waals surface area contributed by atoms with Crippen LogP contribution in [0.1, 0.15) is 11.6 Å². The molecule has 2 aromatic carbocycles. The molecule has 108 valence electrons. The number of nitrogens with zero attached hydrogens (tertiary/aromatic N) is 2. The van der Waals surface area contributed by atoms with Gasteiger partial charge < -0.3 is 10.6 Å². The maximum absolute atomic E-state index is 13.1. The van der Waals surface area contributed by atoms with Gasteiger partial charge in [0.05, 0.1) is 17.6 Å². The number of nitrogens with two attached hydrogens (primary N) is 1. The van der Waals surface area contributed by atoms with Crippen molar-refractivity contribution in [3.63, 3.8) is 0 Å². The molecule has 0 radical (unpaired) electrons. The van der Waals surface area contributed by atoms with Crippen LogP contribution in [0, 0.1) is 5.82 Å². The minimum Gasteiger partial charge on any atom is -0.369 e. The van der Waals surface area contributed by atoms with E-state index in [1.54, 1.807) is 12.1 Å². The van der Waals surface area contributed by atoms with Gasteiger partial charge in [0.1, 0.15) is 5.82 Å². The number of aliphatic imine (C=N–C) groups is 1. The Balaban J connectivity index is 1.98. The summed E-state index contributed by atoms with van der Waals surface area (Å²) in [7, 11) is 0. The smallest absolute Gasteiger partial charge is 0.196 e. The number of guanidine groups is 1. The second kappa shape index (κ2) is 5.66. The topological polar surface area (TPSA) is 41.6 Å². The number of benzene rings is 2. The van der Waals surface area contributed by atoms with Crippen molar-refractivity contribution in [3.8, 4) is 0 Å². The molecule has 1 unspecified atom stereocenters. The summed E-state index contributed by atoms with van der Waals surface area (Å²) < 4.78 is 13.9. The molecule has 3 nitrogen and oxygen atoms in total. The molecule has 1 heterocycles. The first-order valence-electron chi connectivity index (χ1n) is 6.36. The molecule has 0 aliphatic carbocycles. The van der Waals surface area contributed by atoms with E-state index in [-0.39, 0.29) is 11.9 Å². The van der Waals surface area contributed by atoms with E-state index < -0.39 is 0 Å². The van der Waals surface area contributed by atoms with Gasteiger partial charge in [-0.3, -0.25) is 4.99 Å². The van der Waals surface area contributed by atoms with Crippen LogP contribution < -0.4 is 10.6 Å². The Morgan fingerprint density at radius 2 is 1.95 bits per heavy atom. The zero-order valence-electron chi connectivity index (χ0n) is 10.9. The highest BCUT2D eigenvalue weighted by Crippen LogP contribution is 2.34. The predicted octanol–water partition coefficient (Wildman–Crippen LogP) is 4.12. The highest BCUT2D eigenvalue weighted by molar-refractivity contribution is 9.10. The molecule has 0 amide bonds. The highest BCUT2D eigenvalue weighted by atomic mass is 79.9. The lowest BCUT2D eigenvalue weighted by Gasteiger charge is -2.26. The van der Waals surface area contributed by atoms with E-state index >= 15 is 0 Å². The molecule has 6 heteroatoms. The SMILES string of the molecule is NC1=NCC(c2ccc(Br)c(Cl)c2)N1c1ccc(F)cc1. The largest absolute Gasteiger partial charge is 0.369 e. The van der Waals surface area contributed by atoms with Crippen molar-refractivity contribution in [1.29, 1.82) is 0 Å². The van der Waals surface area contributed by atoms with E-state index in [2.05, 4.69) is 20.9 Å². The van der Waals surface area contributed by atoms with Gasteiger partial charge in [-0.25, -0.2) is 4.39 Å². The van der Waals surface area contributed by atoms with E-state index in [9.17, 15) is 4.39 Å². The maximum Gasteiger partial charge on any atom is 0.196 e. The average molecular weight is 369 g/mol. The molecule has 0 saturated heterocycles. The van der Waals surface area contributed by atoms with E-state index in [1.807, 2.05) is 23.1 Å². The van der Waals surface area contributed by atoms with Crippen LogP contribution in [-0.2, 0) is 0 Å². The molecule has 0 aromatic heterocycles. The number of hydrogen-bond donors (Lipinski definition) is 1. The van der Waals surface area contributed by atoms with Gasteiger partial charge in [0.25, 0.3) is 0 Å². The third-order valence-corrected chi connectivity index (χ3v) is 4.65. The molecule has 21 heavy (non-hydrogen) atoms. The van der Waals surface area contributed by atoms with Crippen LogP contribution in [0.25, 0.3) is 0 Å². The molecule has 1 atom stereocenters. The van der Waals surface area contributed by atoms with Gasteiger partial charge in [-0.1, -0.05) is 17.7 Å². The summed E-state index contributed by atoms with van der Waals surface area (Å²) >= 11 is 9.54. The summed E-state index contributed by atoms with van der Waals surface area (Å²) in [6, 6.07) is 11.9. The number of rotatable bonds is 2. The van der Waals surface area contributed by atoms with Crippen molar-refractivity contribution in [3.05, 3.63) is 63.3 Å². The molecule has 0 saturated carbocycles. The van der Waals surface area contributed by atoms with Crippen molar-refractivity contribution in [2.75, 3.05) is 11.4 Å². The monoisotopic (exact) mass is 367 g/mol. The molecule has 2 N–H and O–H groups in total. The summed E-state index contributed by atoms with van der Waals surface area (Å²) in [5, 5.41) is 0.636. The fourth-order valence-corrected chi connectivity index (χ4v) is 2.82. The normalized spacial score (nSPS) is 18.0. The molecule has 0 fully saturated rings. The first-order valence-corrected chi connectivity index (χ1v) is 7.53. The lowest BCUT2D eigenvalue weighted by Crippen LogP contribution is -2.36. The zero-order valence-corrected chi connectivity index (χ0v) is 13.3. The quantitative estimate of drug-likeness (QED) is 0.866. The molecule has 1 aliphatic rings. The Kier molecular flexibility index (Phi) is 3.87. The molecule has 0 bridgehead atoms. The first-order chi connectivity index (χ1) is 10.1. The number of hydrogen-bond acceptors (Lipinski definition) is 3. The van der Waals surface area contributed by atoms with Gasteiger partial charge in [0.15, 0.2) is 5.96 Å². The van der Waals surface area contributed by atoms with Gasteiger partial charge in [-0.05, 0) is 57.9 Å². The van der Waals surface area contributed by atoms with Gasteiger partial charge in [0, 0.05) is 10.2 Å². The number of halogens is 3. The Hall–Kier alpha value is -1.59. The third-order valence-electron chi connectivity index (χ3n) is 3.42. The van der Waals surface area contributed by atoms with Gasteiger partial charge in [-0.2, -0.15) is 0 Å². The van der Waals surface area contributed by atoms with E-state index in [0.717, 1.165) is 15.7 Å². The zero-order chi connectivity index (χ0) is 15.0. The van der Waals surface area contributed by atoms with Crippen molar-refractivity contribution < 1.29 is 4.39 Å². The minimum atomic E-state index is -0.281. The van der Waals surface area contributed by atoms with Gasteiger partial charge >= 0.3 is 0 Å². The fourth-order valence-electron chi connectivity index (χ4n) is 2.39. The molecular formula is C15H12BrClFN3. The van der Waals surface area contributed by atoms with Crippen molar-refractivity contribution in [2.24, 2.45) is 10.7 Å². The van der Waals surface area contributed by atoms with E-state index in [0.29, 0.717) is 17.5 Å². The summed E-state index contributed by atoms with van der Waals surface area (Å²) in [4.78, 5) is 6.19. The molecule has 0 spiro atoms. The first kappa shape index (κ1) is 14.4. The van der Waals surface area contributed by atoms with Crippen LogP contribution in [0.15, 0.2) is 51.9 Å². The second-order valence-electron chi connectivity index (χ2n) is 4.73. The van der Waals surface area contributed by atoms with Crippen LogP contribution in [0.3, 0.4) is 0 Å². The Morgan fingerprint density at radius 1 is 1.24 bits per heavy atom. The van der Waals surface area contributed by atoms with Crippen molar-refractivity contribution >= 4 is 39.2 Å². The van der Waals surface area contributed by atoms with Crippen molar-refractivity contribution in [2.45, 2.75) is 6.04 Å². The Bertz CT molecular complexity index is 703. The average Bonchev–Trinajstić information content (AvgIpc) is 2.85. The summed E-state index contributed by atoms with van der Waals surface area (Å²) in [5.41, 5.74) is 7.80. The lowest BCUT2D eigenvalue weighted by molar-refractivity contribution is 0.627. The second-order valence-corrected chi connectivity index (χ2v) is 6.00. The fraction of sp³-hybridized carbons (Fsp3) is 0.133. The minimum absolute atomic E-state index is 0.0407. The summed E-state index contributed by atoms with van der Waals surface area (Å²) in [5.74, 6) is 0.141. The predicted molar refractivity (Wildman–Crippen MR) is 87.3 cm³/mol. The van der Waals surface area contributed by atoms with Crippen LogP contribution in [0.5, 0.6) is 0 Å². The van der Waals surface area contributed by atoms with Crippen LogP contribution in [0.2, 0.25) is 5.02 Å². The highest BCUT2D eigenvalue weighted by Gasteiger charge is 2.29. The van der Waals surface area contributed by atoms with Crippen molar-refractivity contribution in [1.82, 2.24) is 0 Å². The van der Waals surface area contributed by atoms with Crippen LogP contribution >= 0.6 is 27.5 Å². The molecular weight excluding hydrogens is 357 g/mol. The summed E-state index contributed by atoms with van der Waals surface area (Å²) in [6.07, 6.45) is 0. The lowest BCUT2D eigenvalue weighted by atomic mass is 10.1. The van der Waals surface area contributed by atoms with Gasteiger partial charge in [0.2, 0.25) is 0 Å². The summed E-state index contributed by atoms with van der Waals surface area (Å²) in [6.45, 7) is 0.543. The molecule has 3 rings (SSSR count). The third kappa shape index (κ3) is 2.76. The number of anilines is 1. The van der Waals surface area contributed by atoms with Crippen LogP contribution in [0.4, 0.5) is 10.1 Å². The van der Waals surface area contributed by atoms with E-state index in [4.69, 9.17) is 17.3 Å². The maximum atomic E-state index is 13.1. The molecule has 1 aliphatic heterocycles. The Morgan fingerprint density at radius 3 is 2.62 bits per heavy atom.